The van der Waals surface area contributed by atoms with E-state index in [1.54, 1.807) is 24.3 Å². The second kappa shape index (κ2) is 7.29. The Bertz CT molecular complexity index is 541. The van der Waals surface area contributed by atoms with Crippen LogP contribution in [0.2, 0.25) is 10.0 Å². The Morgan fingerprint density at radius 1 is 1.32 bits per heavy atom. The van der Waals surface area contributed by atoms with Gasteiger partial charge in [0.2, 0.25) is 0 Å². The van der Waals surface area contributed by atoms with E-state index in [9.17, 15) is 8.42 Å². The maximum Gasteiger partial charge on any atom is 0.264 e. The maximum atomic E-state index is 10.9. The van der Waals surface area contributed by atoms with Gasteiger partial charge in [0.05, 0.1) is 5.75 Å². The molecule has 0 heterocycles. The molecule has 0 radical (unpaired) electrons. The first-order valence-electron chi connectivity index (χ1n) is 5.84. The van der Waals surface area contributed by atoms with Crippen molar-refractivity contribution in [2.75, 3.05) is 5.75 Å². The molecule has 6 heteroatoms. The average molecular weight is 323 g/mol. The third-order valence-corrected chi connectivity index (χ3v) is 4.16. The van der Waals surface area contributed by atoms with Crippen molar-refractivity contribution in [2.24, 2.45) is 0 Å². The Labute approximate surface area is 124 Å². The molecule has 1 aromatic carbocycles. The predicted molar refractivity (Wildman–Crippen MR) is 79.7 cm³/mol. The first-order chi connectivity index (χ1) is 8.83. The largest absolute Gasteiger partial charge is 0.286 e. The van der Waals surface area contributed by atoms with Crippen LogP contribution in [0.4, 0.5) is 0 Å². The van der Waals surface area contributed by atoms with Crippen molar-refractivity contribution >= 4 is 33.3 Å². The van der Waals surface area contributed by atoms with E-state index in [0.717, 1.165) is 18.4 Å². The summed E-state index contributed by atoms with van der Waals surface area (Å²) in [7, 11) is -3.97. The molecule has 1 unspecified atom stereocenters. The lowest BCUT2D eigenvalue weighted by Crippen LogP contribution is -2.09. The van der Waals surface area contributed by atoms with Gasteiger partial charge in [0.15, 0.2) is 0 Å². The molecule has 0 aliphatic carbocycles. The van der Waals surface area contributed by atoms with Gasteiger partial charge in [-0.1, -0.05) is 35.3 Å². The molecular formula is C13H16Cl2O3S. The fourth-order valence-corrected chi connectivity index (χ4v) is 3.04. The zero-order chi connectivity index (χ0) is 14.5. The van der Waals surface area contributed by atoms with E-state index in [4.69, 9.17) is 27.8 Å². The summed E-state index contributed by atoms with van der Waals surface area (Å²) in [4.78, 5) is 0. The average Bonchev–Trinajstić information content (AvgIpc) is 2.29. The quantitative estimate of drug-likeness (QED) is 0.600. The summed E-state index contributed by atoms with van der Waals surface area (Å²) >= 11 is 12.0. The number of rotatable bonds is 7. The number of hydrogen-bond acceptors (Lipinski definition) is 2. The number of allylic oxidation sites excluding steroid dienone is 1. The van der Waals surface area contributed by atoms with Gasteiger partial charge >= 0.3 is 0 Å². The lowest BCUT2D eigenvalue weighted by molar-refractivity contribution is 0.475. The van der Waals surface area contributed by atoms with Crippen molar-refractivity contribution in [3.63, 3.8) is 0 Å². The summed E-state index contributed by atoms with van der Waals surface area (Å²) in [5, 5.41) is 1.04. The normalized spacial score (nSPS) is 13.2. The summed E-state index contributed by atoms with van der Waals surface area (Å²) < 4.78 is 30.6. The molecule has 0 aliphatic heterocycles. The highest BCUT2D eigenvalue weighted by Crippen LogP contribution is 2.33. The van der Waals surface area contributed by atoms with E-state index < -0.39 is 10.1 Å². The Kier molecular flexibility index (Phi) is 6.33. The van der Waals surface area contributed by atoms with Crippen LogP contribution < -0.4 is 0 Å². The monoisotopic (exact) mass is 322 g/mol. The summed E-state index contributed by atoms with van der Waals surface area (Å²) in [6, 6.07) is 5.15. The molecule has 0 fully saturated rings. The van der Waals surface area contributed by atoms with Crippen molar-refractivity contribution in [3.05, 3.63) is 46.5 Å². The van der Waals surface area contributed by atoms with Crippen LogP contribution in [0, 0.1) is 0 Å². The van der Waals surface area contributed by atoms with Gasteiger partial charge in [0.1, 0.15) is 0 Å². The van der Waals surface area contributed by atoms with E-state index >= 15 is 0 Å². The van der Waals surface area contributed by atoms with Gasteiger partial charge in [-0.2, -0.15) is 8.42 Å². The third kappa shape index (κ3) is 5.95. The van der Waals surface area contributed by atoms with Gasteiger partial charge in [-0.25, -0.2) is 0 Å². The molecule has 1 N–H and O–H groups in total. The molecule has 1 rings (SSSR count). The second-order valence-electron chi connectivity index (χ2n) is 4.30. The molecule has 0 saturated carbocycles. The molecular weight excluding hydrogens is 307 g/mol. The van der Waals surface area contributed by atoms with Crippen molar-refractivity contribution in [1.82, 2.24) is 0 Å². The Morgan fingerprint density at radius 3 is 2.53 bits per heavy atom. The van der Waals surface area contributed by atoms with Gasteiger partial charge in [0.25, 0.3) is 10.1 Å². The highest BCUT2D eigenvalue weighted by molar-refractivity contribution is 7.85. The molecule has 0 aliphatic rings. The summed E-state index contributed by atoms with van der Waals surface area (Å²) in [5.74, 6) is -0.335. The predicted octanol–water partition coefficient (Wildman–Crippen LogP) is 4.32. The van der Waals surface area contributed by atoms with Gasteiger partial charge in [-0.15, -0.1) is 6.58 Å². The van der Waals surface area contributed by atoms with Crippen LogP contribution in [-0.2, 0) is 10.1 Å². The number of hydrogen-bond donors (Lipinski definition) is 1. The number of benzene rings is 1. The van der Waals surface area contributed by atoms with Crippen LogP contribution in [-0.4, -0.2) is 18.7 Å². The van der Waals surface area contributed by atoms with Crippen LogP contribution in [0.3, 0.4) is 0 Å². The fraction of sp³-hybridized carbons (Fsp3) is 0.385. The number of halogens is 2. The van der Waals surface area contributed by atoms with Gasteiger partial charge in [-0.05, 0) is 42.9 Å². The topological polar surface area (TPSA) is 54.4 Å². The molecule has 3 nitrogen and oxygen atoms in total. The Hall–Kier alpha value is -0.550. The van der Waals surface area contributed by atoms with E-state index in [0.29, 0.717) is 16.5 Å². The highest BCUT2D eigenvalue weighted by atomic mass is 35.5. The first kappa shape index (κ1) is 16.5. The zero-order valence-corrected chi connectivity index (χ0v) is 12.7. The molecule has 106 valence electrons. The molecule has 0 spiro atoms. The van der Waals surface area contributed by atoms with E-state index in [-0.39, 0.29) is 11.7 Å². The van der Waals surface area contributed by atoms with Crippen molar-refractivity contribution in [2.45, 2.75) is 25.2 Å². The van der Waals surface area contributed by atoms with Crippen molar-refractivity contribution in [3.8, 4) is 0 Å². The fourth-order valence-electron chi connectivity index (χ4n) is 1.90. The standard InChI is InChI=1S/C13H16Cl2O3S/c1-2-3-4-10(7-8-19(16,17)18)12-6-5-11(14)9-13(12)15/h2,5-6,9-10H,1,3-4,7-8H2,(H,16,17,18). The SMILES string of the molecule is C=CCCC(CCS(=O)(=O)O)c1ccc(Cl)cc1Cl. The van der Waals surface area contributed by atoms with Crippen LogP contribution in [0.25, 0.3) is 0 Å². The summed E-state index contributed by atoms with van der Waals surface area (Å²) in [6.45, 7) is 3.65. The van der Waals surface area contributed by atoms with Crippen LogP contribution in [0.1, 0.15) is 30.7 Å². The molecule has 0 bridgehead atoms. The van der Waals surface area contributed by atoms with Gasteiger partial charge in [0, 0.05) is 10.0 Å². The lowest BCUT2D eigenvalue weighted by Gasteiger charge is -2.17. The molecule has 0 amide bonds. The molecule has 19 heavy (non-hydrogen) atoms. The minimum atomic E-state index is -3.97. The third-order valence-electron chi connectivity index (χ3n) is 2.85. The van der Waals surface area contributed by atoms with Crippen molar-refractivity contribution < 1.29 is 13.0 Å². The van der Waals surface area contributed by atoms with Crippen molar-refractivity contribution in [1.29, 1.82) is 0 Å². The van der Waals surface area contributed by atoms with Crippen LogP contribution >= 0.6 is 23.2 Å². The second-order valence-corrected chi connectivity index (χ2v) is 6.72. The van der Waals surface area contributed by atoms with Crippen LogP contribution in [0.15, 0.2) is 30.9 Å². The zero-order valence-electron chi connectivity index (χ0n) is 10.4. The molecule has 1 aromatic rings. The van der Waals surface area contributed by atoms with E-state index in [2.05, 4.69) is 6.58 Å². The van der Waals surface area contributed by atoms with E-state index in [1.165, 1.54) is 0 Å². The molecule has 1 atom stereocenters. The van der Waals surface area contributed by atoms with Gasteiger partial charge < -0.3 is 0 Å². The highest BCUT2D eigenvalue weighted by Gasteiger charge is 2.17. The minimum Gasteiger partial charge on any atom is -0.286 e. The summed E-state index contributed by atoms with van der Waals surface area (Å²) in [5.41, 5.74) is 0.844. The molecule has 0 aromatic heterocycles. The summed E-state index contributed by atoms with van der Waals surface area (Å²) in [6.07, 6.45) is 3.55. The smallest absolute Gasteiger partial charge is 0.264 e. The lowest BCUT2D eigenvalue weighted by atomic mass is 9.92. The van der Waals surface area contributed by atoms with E-state index in [1.807, 2.05) is 0 Å². The Morgan fingerprint density at radius 2 is 2.00 bits per heavy atom. The maximum absolute atomic E-state index is 10.9. The van der Waals surface area contributed by atoms with Crippen LogP contribution in [0.5, 0.6) is 0 Å². The first-order valence-corrected chi connectivity index (χ1v) is 8.21. The molecule has 0 saturated heterocycles. The van der Waals surface area contributed by atoms with Gasteiger partial charge in [-0.3, -0.25) is 4.55 Å². The Balaban J connectivity index is 2.91. The minimum absolute atomic E-state index is 0.0512.